The maximum Gasteiger partial charge on any atom is 0.317 e. The van der Waals surface area contributed by atoms with Gasteiger partial charge in [0.15, 0.2) is 0 Å². The number of carbonyl (C=O) groups is 2. The number of benzene rings is 1. The van der Waals surface area contributed by atoms with Crippen LogP contribution in [0.4, 0.5) is 4.79 Å². The smallest absolute Gasteiger partial charge is 0.317 e. The molecule has 0 bridgehead atoms. The lowest BCUT2D eigenvalue weighted by molar-refractivity contribution is -0.138. The molecule has 1 aliphatic rings. The summed E-state index contributed by atoms with van der Waals surface area (Å²) in [7, 11) is 1.84. The molecule has 1 aromatic rings. The number of hydrogen-bond donors (Lipinski definition) is 2. The van der Waals surface area contributed by atoms with E-state index in [-0.39, 0.29) is 24.0 Å². The van der Waals surface area contributed by atoms with E-state index >= 15 is 0 Å². The van der Waals surface area contributed by atoms with E-state index < -0.39 is 5.97 Å². The second kappa shape index (κ2) is 9.42. The van der Waals surface area contributed by atoms with Crippen molar-refractivity contribution in [1.82, 2.24) is 15.1 Å². The SMILES string of the molecule is CN(CC(=O)O)C1CCCN(C(=O)NCC(C)(C)c2ccc(Cl)cc2)CC1. The van der Waals surface area contributed by atoms with Gasteiger partial charge in [0, 0.05) is 36.1 Å². The van der Waals surface area contributed by atoms with Crippen molar-refractivity contribution < 1.29 is 14.7 Å². The Morgan fingerprint density at radius 1 is 1.26 bits per heavy atom. The molecular formula is C20H30ClN3O3. The van der Waals surface area contributed by atoms with E-state index in [9.17, 15) is 9.59 Å². The van der Waals surface area contributed by atoms with Crippen molar-refractivity contribution in [2.75, 3.05) is 33.2 Å². The first-order valence-corrected chi connectivity index (χ1v) is 9.78. The lowest BCUT2D eigenvalue weighted by Crippen LogP contribution is -2.45. The van der Waals surface area contributed by atoms with Crippen molar-refractivity contribution in [2.24, 2.45) is 0 Å². The molecule has 0 aliphatic carbocycles. The zero-order valence-electron chi connectivity index (χ0n) is 16.4. The molecule has 1 aromatic carbocycles. The molecule has 1 unspecified atom stereocenters. The zero-order chi connectivity index (χ0) is 20.0. The third-order valence-electron chi connectivity index (χ3n) is 5.30. The van der Waals surface area contributed by atoms with E-state index in [1.807, 2.05) is 41.1 Å². The van der Waals surface area contributed by atoms with Crippen molar-refractivity contribution in [3.05, 3.63) is 34.9 Å². The van der Waals surface area contributed by atoms with Gasteiger partial charge in [0.25, 0.3) is 0 Å². The van der Waals surface area contributed by atoms with Crippen LogP contribution in [0.3, 0.4) is 0 Å². The zero-order valence-corrected chi connectivity index (χ0v) is 17.1. The van der Waals surface area contributed by atoms with Crippen LogP contribution in [-0.4, -0.2) is 66.2 Å². The third-order valence-corrected chi connectivity index (χ3v) is 5.55. The first kappa shape index (κ1) is 21.5. The number of carbonyl (C=O) groups excluding carboxylic acids is 1. The summed E-state index contributed by atoms with van der Waals surface area (Å²) >= 11 is 5.96. The Bertz CT molecular complexity index is 648. The highest BCUT2D eigenvalue weighted by Gasteiger charge is 2.26. The van der Waals surface area contributed by atoms with Crippen molar-refractivity contribution in [3.8, 4) is 0 Å². The van der Waals surface area contributed by atoms with Gasteiger partial charge in [-0.05, 0) is 44.0 Å². The monoisotopic (exact) mass is 395 g/mol. The van der Waals surface area contributed by atoms with Gasteiger partial charge in [-0.3, -0.25) is 9.69 Å². The molecule has 1 saturated heterocycles. The highest BCUT2D eigenvalue weighted by atomic mass is 35.5. The predicted molar refractivity (Wildman–Crippen MR) is 107 cm³/mol. The fourth-order valence-corrected chi connectivity index (χ4v) is 3.60. The number of rotatable bonds is 6. The molecule has 6 nitrogen and oxygen atoms in total. The summed E-state index contributed by atoms with van der Waals surface area (Å²) in [4.78, 5) is 27.2. The third kappa shape index (κ3) is 6.40. The van der Waals surface area contributed by atoms with E-state index in [1.54, 1.807) is 0 Å². The fourth-order valence-electron chi connectivity index (χ4n) is 3.48. The largest absolute Gasteiger partial charge is 0.480 e. The first-order chi connectivity index (χ1) is 12.7. The van der Waals surface area contributed by atoms with E-state index in [0.29, 0.717) is 24.7 Å². The lowest BCUT2D eigenvalue weighted by Gasteiger charge is -2.29. The molecule has 27 heavy (non-hydrogen) atoms. The van der Waals surface area contributed by atoms with Crippen LogP contribution in [0.2, 0.25) is 5.02 Å². The summed E-state index contributed by atoms with van der Waals surface area (Å²) in [5, 5.41) is 12.7. The van der Waals surface area contributed by atoms with Gasteiger partial charge in [-0.25, -0.2) is 4.79 Å². The van der Waals surface area contributed by atoms with Crippen molar-refractivity contribution in [1.29, 1.82) is 0 Å². The van der Waals surface area contributed by atoms with Gasteiger partial charge in [-0.15, -0.1) is 0 Å². The molecule has 0 spiro atoms. The minimum absolute atomic E-state index is 0.0339. The maximum absolute atomic E-state index is 12.6. The Morgan fingerprint density at radius 2 is 1.93 bits per heavy atom. The highest BCUT2D eigenvalue weighted by Crippen LogP contribution is 2.24. The van der Waals surface area contributed by atoms with Crippen LogP contribution < -0.4 is 5.32 Å². The number of halogens is 1. The molecule has 1 atom stereocenters. The Labute approximate surface area is 166 Å². The van der Waals surface area contributed by atoms with E-state index in [2.05, 4.69) is 19.2 Å². The summed E-state index contributed by atoms with van der Waals surface area (Å²) in [6.07, 6.45) is 2.57. The molecule has 1 fully saturated rings. The fraction of sp³-hybridized carbons (Fsp3) is 0.600. The number of amides is 2. The maximum atomic E-state index is 12.6. The molecule has 0 aromatic heterocycles. The normalized spacial score (nSPS) is 18.3. The number of carboxylic acids is 1. The van der Waals surface area contributed by atoms with Crippen LogP contribution in [0.25, 0.3) is 0 Å². The van der Waals surface area contributed by atoms with E-state index in [4.69, 9.17) is 16.7 Å². The highest BCUT2D eigenvalue weighted by molar-refractivity contribution is 6.30. The Balaban J connectivity index is 1.87. The molecule has 0 radical (unpaired) electrons. The van der Waals surface area contributed by atoms with Gasteiger partial charge in [0.2, 0.25) is 0 Å². The number of nitrogens with one attached hydrogen (secondary N) is 1. The van der Waals surface area contributed by atoms with Crippen LogP contribution in [0.1, 0.15) is 38.7 Å². The Kier molecular flexibility index (Phi) is 7.50. The summed E-state index contributed by atoms with van der Waals surface area (Å²) in [6.45, 7) is 6.09. The second-order valence-electron chi connectivity index (χ2n) is 7.93. The summed E-state index contributed by atoms with van der Waals surface area (Å²) in [5.74, 6) is -0.819. The molecule has 150 valence electrons. The minimum Gasteiger partial charge on any atom is -0.480 e. The molecule has 1 heterocycles. The molecule has 0 saturated carbocycles. The quantitative estimate of drug-likeness (QED) is 0.775. The van der Waals surface area contributed by atoms with Crippen molar-refractivity contribution in [3.63, 3.8) is 0 Å². The minimum atomic E-state index is -0.819. The average molecular weight is 396 g/mol. The van der Waals surface area contributed by atoms with Crippen molar-refractivity contribution >= 4 is 23.6 Å². The topological polar surface area (TPSA) is 72.9 Å². The van der Waals surface area contributed by atoms with Gasteiger partial charge in [0.05, 0.1) is 6.54 Å². The average Bonchev–Trinajstić information content (AvgIpc) is 2.86. The molecular weight excluding hydrogens is 366 g/mol. The van der Waals surface area contributed by atoms with Gasteiger partial charge in [0.1, 0.15) is 0 Å². The van der Waals surface area contributed by atoms with Crippen LogP contribution in [0.5, 0.6) is 0 Å². The summed E-state index contributed by atoms with van der Waals surface area (Å²) in [5.41, 5.74) is 0.925. The van der Waals surface area contributed by atoms with Gasteiger partial charge in [-0.2, -0.15) is 0 Å². The predicted octanol–water partition coefficient (Wildman–Crippen LogP) is 3.20. The van der Waals surface area contributed by atoms with Gasteiger partial charge >= 0.3 is 12.0 Å². The molecule has 1 aliphatic heterocycles. The van der Waals surface area contributed by atoms with Gasteiger partial charge < -0.3 is 15.3 Å². The molecule has 2 N–H and O–H groups in total. The number of urea groups is 1. The van der Waals surface area contributed by atoms with Crippen LogP contribution >= 0.6 is 11.6 Å². The number of carboxylic acid groups (broad SMARTS) is 1. The number of likely N-dealkylation sites (N-methyl/N-ethyl adjacent to an activating group) is 1. The van der Waals surface area contributed by atoms with Crippen LogP contribution in [0.15, 0.2) is 24.3 Å². The standard InChI is InChI=1S/C20H30ClN3O3/c1-20(2,15-6-8-16(21)9-7-15)14-22-19(27)24-11-4-5-17(10-12-24)23(3)13-18(25)26/h6-9,17H,4-5,10-14H2,1-3H3,(H,22,27)(H,25,26). The Morgan fingerprint density at radius 3 is 2.56 bits per heavy atom. The number of hydrogen-bond acceptors (Lipinski definition) is 3. The van der Waals surface area contributed by atoms with Gasteiger partial charge in [-0.1, -0.05) is 37.6 Å². The first-order valence-electron chi connectivity index (χ1n) is 9.40. The summed E-state index contributed by atoms with van der Waals surface area (Å²) in [6, 6.07) is 7.85. The molecule has 2 rings (SSSR count). The van der Waals surface area contributed by atoms with E-state index in [1.165, 1.54) is 0 Å². The second-order valence-corrected chi connectivity index (χ2v) is 8.37. The number of aliphatic carboxylic acids is 1. The molecule has 7 heteroatoms. The molecule has 2 amide bonds. The number of nitrogens with zero attached hydrogens (tertiary/aromatic N) is 2. The number of likely N-dealkylation sites (tertiary alicyclic amines) is 1. The Hall–Kier alpha value is -1.79. The van der Waals surface area contributed by atoms with Crippen LogP contribution in [-0.2, 0) is 10.2 Å². The lowest BCUT2D eigenvalue weighted by atomic mass is 9.85. The van der Waals surface area contributed by atoms with E-state index in [0.717, 1.165) is 24.8 Å². The summed E-state index contributed by atoms with van der Waals surface area (Å²) < 4.78 is 0. The van der Waals surface area contributed by atoms with Crippen molar-refractivity contribution in [2.45, 2.75) is 44.6 Å². The van der Waals surface area contributed by atoms with Crippen LogP contribution in [0, 0.1) is 0 Å².